The van der Waals surface area contributed by atoms with Crippen molar-refractivity contribution in [2.24, 2.45) is 0 Å². The molecule has 1 aromatic heterocycles. The van der Waals surface area contributed by atoms with Crippen molar-refractivity contribution in [2.45, 2.75) is 6.54 Å². The van der Waals surface area contributed by atoms with Gasteiger partial charge in [-0.3, -0.25) is 9.89 Å². The van der Waals surface area contributed by atoms with Gasteiger partial charge in [0.25, 0.3) is 0 Å². The molecular weight excluding hydrogens is 437 g/mol. The third-order valence-corrected chi connectivity index (χ3v) is 5.33. The predicted molar refractivity (Wildman–Crippen MR) is 117 cm³/mol. The van der Waals surface area contributed by atoms with Crippen molar-refractivity contribution in [3.63, 3.8) is 0 Å². The summed E-state index contributed by atoms with van der Waals surface area (Å²) in [5.41, 5.74) is 2.81. The number of hydrogen-bond acceptors (Lipinski definition) is 4. The van der Waals surface area contributed by atoms with Crippen LogP contribution in [0, 0.1) is 5.82 Å². The Morgan fingerprint density at radius 1 is 1.21 bits per heavy atom. The normalized spacial score (nSPS) is 11.4. The molecule has 0 atom stereocenters. The minimum atomic E-state index is -0.298. The van der Waals surface area contributed by atoms with Crippen LogP contribution in [0.1, 0.15) is 5.56 Å². The molecular formula is C21H25BrFN5O. The van der Waals surface area contributed by atoms with Gasteiger partial charge in [-0.05, 0) is 50.0 Å². The number of carbonyl (C=O) groups excluding carboxylic acids is 1. The summed E-state index contributed by atoms with van der Waals surface area (Å²) < 4.78 is 15.8. The standard InChI is InChI=1S/C21H25BrFN5O/c1-24-12-20(29)28(3)9-8-27(2)13-14-4-6-16(18(23)10-14)21-17-7-5-15(22)11-19(17)25-26-21/h4-7,10-11,24H,8-9,12-13H2,1-3H3,(H,25,26). The molecule has 8 heteroatoms. The van der Waals surface area contributed by atoms with Crippen LogP contribution >= 0.6 is 15.9 Å². The molecule has 2 N–H and O–H groups in total. The first kappa shape index (κ1) is 21.4. The average molecular weight is 462 g/mol. The Hall–Kier alpha value is -2.29. The number of H-pyrrole nitrogens is 1. The lowest BCUT2D eigenvalue weighted by Gasteiger charge is -2.22. The zero-order valence-electron chi connectivity index (χ0n) is 16.8. The van der Waals surface area contributed by atoms with Gasteiger partial charge in [0.15, 0.2) is 0 Å². The molecule has 0 aliphatic carbocycles. The van der Waals surface area contributed by atoms with E-state index >= 15 is 0 Å². The third-order valence-electron chi connectivity index (χ3n) is 4.84. The molecule has 0 aliphatic rings. The highest BCUT2D eigenvalue weighted by atomic mass is 79.9. The fourth-order valence-electron chi connectivity index (χ4n) is 3.17. The molecule has 29 heavy (non-hydrogen) atoms. The summed E-state index contributed by atoms with van der Waals surface area (Å²) in [6, 6.07) is 11.0. The molecule has 3 aromatic rings. The van der Waals surface area contributed by atoms with Crippen LogP contribution in [0.3, 0.4) is 0 Å². The minimum absolute atomic E-state index is 0.0505. The summed E-state index contributed by atoms with van der Waals surface area (Å²) in [4.78, 5) is 15.6. The van der Waals surface area contributed by atoms with Gasteiger partial charge < -0.3 is 15.1 Å². The molecule has 0 saturated heterocycles. The molecule has 0 spiro atoms. The molecule has 1 heterocycles. The molecule has 3 rings (SSSR count). The second-order valence-electron chi connectivity index (χ2n) is 7.16. The highest BCUT2D eigenvalue weighted by molar-refractivity contribution is 9.10. The Kier molecular flexibility index (Phi) is 7.00. The number of hydrogen-bond donors (Lipinski definition) is 2. The smallest absolute Gasteiger partial charge is 0.236 e. The Labute approximate surface area is 178 Å². The van der Waals surface area contributed by atoms with Gasteiger partial charge in [-0.2, -0.15) is 5.10 Å². The number of fused-ring (bicyclic) bond motifs is 1. The molecule has 0 unspecified atom stereocenters. The van der Waals surface area contributed by atoms with Gasteiger partial charge in [0.1, 0.15) is 11.5 Å². The molecule has 1 amide bonds. The van der Waals surface area contributed by atoms with Crippen LogP contribution in [-0.4, -0.2) is 66.7 Å². The van der Waals surface area contributed by atoms with E-state index in [4.69, 9.17) is 0 Å². The zero-order chi connectivity index (χ0) is 21.0. The largest absolute Gasteiger partial charge is 0.343 e. The summed E-state index contributed by atoms with van der Waals surface area (Å²) in [5.74, 6) is -0.247. The van der Waals surface area contributed by atoms with Crippen LogP contribution < -0.4 is 5.32 Å². The Morgan fingerprint density at radius 3 is 2.72 bits per heavy atom. The van der Waals surface area contributed by atoms with E-state index < -0.39 is 0 Å². The maximum atomic E-state index is 14.8. The number of carbonyl (C=O) groups is 1. The number of aromatic nitrogens is 2. The van der Waals surface area contributed by atoms with Crippen LogP contribution in [0.15, 0.2) is 40.9 Å². The van der Waals surface area contributed by atoms with Crippen LogP contribution in [0.25, 0.3) is 22.2 Å². The fourth-order valence-corrected chi connectivity index (χ4v) is 3.53. The summed E-state index contributed by atoms with van der Waals surface area (Å²) in [6.07, 6.45) is 0. The van der Waals surface area contributed by atoms with E-state index in [1.165, 1.54) is 0 Å². The molecule has 0 saturated carbocycles. The van der Waals surface area contributed by atoms with Crippen molar-refractivity contribution in [1.29, 1.82) is 0 Å². The molecule has 2 aromatic carbocycles. The lowest BCUT2D eigenvalue weighted by atomic mass is 10.0. The number of likely N-dealkylation sites (N-methyl/N-ethyl adjacent to an activating group) is 3. The van der Waals surface area contributed by atoms with Gasteiger partial charge in [-0.15, -0.1) is 0 Å². The SMILES string of the molecule is CNCC(=O)N(C)CCN(C)Cc1ccc(-c2n[nH]c3cc(Br)ccc23)c(F)c1. The van der Waals surface area contributed by atoms with Crippen molar-refractivity contribution in [2.75, 3.05) is 40.8 Å². The highest BCUT2D eigenvalue weighted by Crippen LogP contribution is 2.30. The number of halogens is 2. The maximum absolute atomic E-state index is 14.8. The van der Waals surface area contributed by atoms with Crippen molar-refractivity contribution >= 4 is 32.7 Å². The predicted octanol–water partition coefficient (Wildman–Crippen LogP) is 3.24. The number of rotatable bonds is 8. The zero-order valence-corrected chi connectivity index (χ0v) is 18.4. The minimum Gasteiger partial charge on any atom is -0.343 e. The van der Waals surface area contributed by atoms with Gasteiger partial charge in [0.05, 0.1) is 12.1 Å². The lowest BCUT2D eigenvalue weighted by Crippen LogP contribution is -2.38. The van der Waals surface area contributed by atoms with E-state index in [-0.39, 0.29) is 11.7 Å². The van der Waals surface area contributed by atoms with E-state index in [9.17, 15) is 9.18 Å². The molecule has 0 aliphatic heterocycles. The van der Waals surface area contributed by atoms with E-state index in [0.29, 0.717) is 37.4 Å². The van der Waals surface area contributed by atoms with E-state index in [1.54, 1.807) is 31.1 Å². The second-order valence-corrected chi connectivity index (χ2v) is 8.08. The van der Waals surface area contributed by atoms with E-state index in [1.807, 2.05) is 31.3 Å². The molecule has 0 radical (unpaired) electrons. The monoisotopic (exact) mass is 461 g/mol. The Morgan fingerprint density at radius 2 is 2.00 bits per heavy atom. The van der Waals surface area contributed by atoms with Gasteiger partial charge in [0.2, 0.25) is 5.91 Å². The van der Waals surface area contributed by atoms with Gasteiger partial charge in [-0.1, -0.05) is 22.0 Å². The van der Waals surface area contributed by atoms with Crippen molar-refractivity contribution < 1.29 is 9.18 Å². The van der Waals surface area contributed by atoms with Crippen molar-refractivity contribution in [1.82, 2.24) is 25.3 Å². The molecule has 6 nitrogen and oxygen atoms in total. The summed E-state index contributed by atoms with van der Waals surface area (Å²) in [6.45, 7) is 2.24. The Bertz CT molecular complexity index is 1010. The van der Waals surface area contributed by atoms with Crippen LogP contribution in [0.2, 0.25) is 0 Å². The molecule has 0 bridgehead atoms. The van der Waals surface area contributed by atoms with E-state index in [0.717, 1.165) is 20.9 Å². The first-order chi connectivity index (χ1) is 13.9. The number of nitrogens with one attached hydrogen (secondary N) is 2. The quantitative estimate of drug-likeness (QED) is 0.540. The van der Waals surface area contributed by atoms with Crippen LogP contribution in [0.5, 0.6) is 0 Å². The molecule has 154 valence electrons. The second kappa shape index (κ2) is 9.47. The van der Waals surface area contributed by atoms with Crippen LogP contribution in [-0.2, 0) is 11.3 Å². The highest BCUT2D eigenvalue weighted by Gasteiger charge is 2.14. The fraction of sp³-hybridized carbons (Fsp3) is 0.333. The summed E-state index contributed by atoms with van der Waals surface area (Å²) in [5, 5.41) is 11.0. The lowest BCUT2D eigenvalue weighted by molar-refractivity contribution is -0.129. The molecule has 0 fully saturated rings. The van der Waals surface area contributed by atoms with Gasteiger partial charge in [-0.25, -0.2) is 4.39 Å². The Balaban J connectivity index is 1.67. The van der Waals surface area contributed by atoms with Crippen molar-refractivity contribution in [3.8, 4) is 11.3 Å². The average Bonchev–Trinajstić information content (AvgIpc) is 3.09. The van der Waals surface area contributed by atoms with E-state index in [2.05, 4.69) is 36.3 Å². The van der Waals surface area contributed by atoms with Crippen LogP contribution in [0.4, 0.5) is 4.39 Å². The third kappa shape index (κ3) is 5.20. The number of nitrogens with zero attached hydrogens (tertiary/aromatic N) is 3. The first-order valence-corrected chi connectivity index (χ1v) is 10.2. The first-order valence-electron chi connectivity index (χ1n) is 9.38. The van der Waals surface area contributed by atoms with Crippen molar-refractivity contribution in [3.05, 3.63) is 52.3 Å². The topological polar surface area (TPSA) is 64.3 Å². The van der Waals surface area contributed by atoms with Gasteiger partial charge in [0, 0.05) is 42.1 Å². The number of aromatic amines is 1. The summed E-state index contributed by atoms with van der Waals surface area (Å²) in [7, 11) is 5.50. The number of amides is 1. The maximum Gasteiger partial charge on any atom is 0.236 e. The summed E-state index contributed by atoms with van der Waals surface area (Å²) >= 11 is 3.43. The van der Waals surface area contributed by atoms with Gasteiger partial charge >= 0.3 is 0 Å². The number of benzene rings is 2.